The molecule has 7 nitrogen and oxygen atoms in total. The summed E-state index contributed by atoms with van der Waals surface area (Å²) in [6, 6.07) is 13.5. The lowest BCUT2D eigenvalue weighted by molar-refractivity contribution is 0.101. The van der Waals surface area contributed by atoms with Crippen LogP contribution in [-0.4, -0.2) is 44.0 Å². The maximum absolute atomic E-state index is 13.5. The number of amidine groups is 1. The van der Waals surface area contributed by atoms with Gasteiger partial charge in [0.15, 0.2) is 0 Å². The Bertz CT molecular complexity index is 1230. The van der Waals surface area contributed by atoms with E-state index in [2.05, 4.69) is 23.7 Å². The van der Waals surface area contributed by atoms with Gasteiger partial charge >= 0.3 is 0 Å². The van der Waals surface area contributed by atoms with E-state index in [4.69, 9.17) is 11.1 Å². The van der Waals surface area contributed by atoms with Crippen molar-refractivity contribution in [3.05, 3.63) is 58.4 Å². The maximum atomic E-state index is 13.5. The van der Waals surface area contributed by atoms with Crippen LogP contribution in [0.25, 0.3) is 22.3 Å². The zero-order valence-electron chi connectivity index (χ0n) is 20.1. The highest BCUT2D eigenvalue weighted by atomic mass is 16.3. The average molecular weight is 462 g/mol. The molecule has 1 saturated heterocycles. The SMILES string of the molecule is CC1CCC[C@@H](C)N1CCCCCn1c(=O)c(-c2cc(C(=N)N)ccc2O)nc2ccccc21. The molecule has 1 aliphatic rings. The normalized spacial score (nSPS) is 18.9. The molecule has 0 bridgehead atoms. The number of aromatic nitrogens is 2. The Hall–Kier alpha value is -3.19. The van der Waals surface area contributed by atoms with Crippen molar-refractivity contribution in [2.45, 2.75) is 71.0 Å². The topological polar surface area (TPSA) is 108 Å². The fourth-order valence-corrected chi connectivity index (χ4v) is 5.14. The van der Waals surface area contributed by atoms with Crippen molar-refractivity contribution in [2.75, 3.05) is 6.54 Å². The summed E-state index contributed by atoms with van der Waals surface area (Å²) in [5, 5.41) is 18.2. The monoisotopic (exact) mass is 461 g/mol. The smallest absolute Gasteiger partial charge is 0.277 e. The minimum absolute atomic E-state index is 0.0544. The van der Waals surface area contributed by atoms with Gasteiger partial charge in [0.05, 0.1) is 11.0 Å². The van der Waals surface area contributed by atoms with Gasteiger partial charge in [-0.25, -0.2) is 4.98 Å². The lowest BCUT2D eigenvalue weighted by Crippen LogP contribution is -2.44. The van der Waals surface area contributed by atoms with Gasteiger partial charge in [-0.1, -0.05) is 25.0 Å². The van der Waals surface area contributed by atoms with Gasteiger partial charge in [-0.3, -0.25) is 15.1 Å². The standard InChI is InChI=1S/C27H35N5O2/c1-18-9-8-10-19(2)31(18)15-6-3-7-16-32-23-12-5-4-11-22(23)30-25(27(32)34)21-17-20(26(28)29)13-14-24(21)33/h4-5,11-14,17-19,33H,3,6-10,15-16H2,1-2H3,(H3,28,29)/t18-,19?/m1/s1. The summed E-state index contributed by atoms with van der Waals surface area (Å²) in [5.41, 5.74) is 7.78. The molecule has 1 fully saturated rings. The van der Waals surface area contributed by atoms with Crippen LogP contribution in [0.4, 0.5) is 0 Å². The third-order valence-electron chi connectivity index (χ3n) is 7.09. The number of rotatable bonds is 8. The highest BCUT2D eigenvalue weighted by Gasteiger charge is 2.23. The summed E-state index contributed by atoms with van der Waals surface area (Å²) in [7, 11) is 0. The summed E-state index contributed by atoms with van der Waals surface area (Å²) < 4.78 is 1.77. The molecule has 0 aliphatic carbocycles. The third-order valence-corrected chi connectivity index (χ3v) is 7.09. The van der Waals surface area contributed by atoms with E-state index in [-0.39, 0.29) is 22.8 Å². The fraction of sp³-hybridized carbons (Fsp3) is 0.444. The second kappa shape index (κ2) is 10.4. The molecule has 1 unspecified atom stereocenters. The first kappa shape index (κ1) is 24.0. The number of hydrogen-bond donors (Lipinski definition) is 3. The number of phenolic OH excluding ortho intramolecular Hbond substituents is 1. The number of nitrogens with zero attached hydrogens (tertiary/aromatic N) is 3. The van der Waals surface area contributed by atoms with Crippen LogP contribution in [0.15, 0.2) is 47.3 Å². The third kappa shape index (κ3) is 4.99. The zero-order chi connectivity index (χ0) is 24.2. The van der Waals surface area contributed by atoms with Gasteiger partial charge in [0.1, 0.15) is 17.3 Å². The van der Waals surface area contributed by atoms with Crippen LogP contribution in [0.5, 0.6) is 5.75 Å². The van der Waals surface area contributed by atoms with E-state index in [1.54, 1.807) is 16.7 Å². The number of nitrogens with one attached hydrogen (secondary N) is 1. The Kier molecular flexibility index (Phi) is 7.32. The molecule has 7 heteroatoms. The van der Waals surface area contributed by atoms with Crippen LogP contribution in [0.3, 0.4) is 0 Å². The second-order valence-electron chi connectivity index (χ2n) is 9.48. The molecule has 4 rings (SSSR count). The van der Waals surface area contributed by atoms with Crippen LogP contribution in [0.1, 0.15) is 57.9 Å². The van der Waals surface area contributed by atoms with Gasteiger partial charge in [-0.2, -0.15) is 0 Å². The van der Waals surface area contributed by atoms with Crippen LogP contribution < -0.4 is 11.3 Å². The molecule has 1 aliphatic heterocycles. The van der Waals surface area contributed by atoms with E-state index >= 15 is 0 Å². The van der Waals surface area contributed by atoms with Crippen molar-refractivity contribution in [1.82, 2.24) is 14.5 Å². The Morgan fingerprint density at radius 1 is 1.09 bits per heavy atom. The molecule has 0 amide bonds. The molecule has 0 radical (unpaired) electrons. The Balaban J connectivity index is 1.56. The van der Waals surface area contributed by atoms with E-state index < -0.39 is 0 Å². The first-order valence-electron chi connectivity index (χ1n) is 12.3. The Labute approximate surface area is 200 Å². The zero-order valence-corrected chi connectivity index (χ0v) is 20.1. The molecule has 2 aromatic carbocycles. The quantitative estimate of drug-likeness (QED) is 0.260. The molecule has 2 heterocycles. The summed E-state index contributed by atoms with van der Waals surface area (Å²) in [5.74, 6) is -0.180. The van der Waals surface area contributed by atoms with Crippen molar-refractivity contribution < 1.29 is 5.11 Å². The van der Waals surface area contributed by atoms with Crippen molar-refractivity contribution in [3.8, 4) is 17.0 Å². The molecule has 34 heavy (non-hydrogen) atoms. The summed E-state index contributed by atoms with van der Waals surface area (Å²) in [4.78, 5) is 20.7. The predicted octanol–water partition coefficient (Wildman–Crippen LogP) is 4.49. The number of hydrogen-bond acceptors (Lipinski definition) is 5. The minimum Gasteiger partial charge on any atom is -0.507 e. The van der Waals surface area contributed by atoms with E-state index in [0.29, 0.717) is 35.3 Å². The second-order valence-corrected chi connectivity index (χ2v) is 9.48. The number of benzene rings is 2. The van der Waals surface area contributed by atoms with Gasteiger partial charge in [0.25, 0.3) is 5.56 Å². The van der Waals surface area contributed by atoms with Gasteiger partial charge in [0.2, 0.25) is 0 Å². The van der Waals surface area contributed by atoms with Crippen LogP contribution in [-0.2, 0) is 6.54 Å². The maximum Gasteiger partial charge on any atom is 0.277 e. The number of nitrogen functional groups attached to an aromatic ring is 1. The van der Waals surface area contributed by atoms with Crippen molar-refractivity contribution >= 4 is 16.9 Å². The molecular weight excluding hydrogens is 426 g/mol. The number of piperidine rings is 1. The van der Waals surface area contributed by atoms with Crippen molar-refractivity contribution in [3.63, 3.8) is 0 Å². The molecule has 1 aromatic heterocycles. The number of aromatic hydroxyl groups is 1. The highest BCUT2D eigenvalue weighted by molar-refractivity contribution is 5.96. The van der Waals surface area contributed by atoms with Crippen molar-refractivity contribution in [2.24, 2.45) is 5.73 Å². The fourth-order valence-electron chi connectivity index (χ4n) is 5.14. The number of unbranched alkanes of at least 4 members (excludes halogenated alkanes) is 2. The van der Waals surface area contributed by atoms with E-state index in [1.807, 2.05) is 24.3 Å². The first-order valence-corrected chi connectivity index (χ1v) is 12.3. The van der Waals surface area contributed by atoms with Gasteiger partial charge in [0, 0.05) is 29.8 Å². The molecule has 4 N–H and O–H groups in total. The van der Waals surface area contributed by atoms with Crippen LogP contribution >= 0.6 is 0 Å². The number of phenols is 1. The van der Waals surface area contributed by atoms with Crippen LogP contribution in [0, 0.1) is 5.41 Å². The van der Waals surface area contributed by atoms with Crippen molar-refractivity contribution in [1.29, 1.82) is 5.41 Å². The predicted molar refractivity (Wildman–Crippen MR) is 137 cm³/mol. The minimum atomic E-state index is -0.243. The van der Waals surface area contributed by atoms with Gasteiger partial charge in [-0.05, 0) is 76.4 Å². The van der Waals surface area contributed by atoms with E-state index in [9.17, 15) is 9.90 Å². The summed E-state index contributed by atoms with van der Waals surface area (Å²) >= 11 is 0. The summed E-state index contributed by atoms with van der Waals surface area (Å²) in [6.45, 7) is 6.35. The lowest BCUT2D eigenvalue weighted by Gasteiger charge is -2.39. The van der Waals surface area contributed by atoms with Crippen LogP contribution in [0.2, 0.25) is 0 Å². The number of aryl methyl sites for hydroxylation is 1. The van der Waals surface area contributed by atoms with E-state index in [0.717, 1.165) is 31.3 Å². The lowest BCUT2D eigenvalue weighted by atomic mass is 9.97. The Morgan fingerprint density at radius 2 is 1.79 bits per heavy atom. The molecule has 3 aromatic rings. The number of para-hydroxylation sites is 2. The summed E-state index contributed by atoms with van der Waals surface area (Å²) in [6.07, 6.45) is 6.93. The van der Waals surface area contributed by atoms with Gasteiger partial charge in [-0.15, -0.1) is 0 Å². The first-order chi connectivity index (χ1) is 16.4. The molecular formula is C27H35N5O2. The number of likely N-dealkylation sites (tertiary alicyclic amines) is 1. The molecule has 0 spiro atoms. The average Bonchev–Trinajstić information content (AvgIpc) is 2.81. The molecule has 2 atom stereocenters. The molecule has 180 valence electrons. The van der Waals surface area contributed by atoms with Gasteiger partial charge < -0.3 is 15.4 Å². The Morgan fingerprint density at radius 3 is 2.53 bits per heavy atom. The number of nitrogens with two attached hydrogens (primary N) is 1. The molecule has 0 saturated carbocycles. The highest BCUT2D eigenvalue weighted by Crippen LogP contribution is 2.28. The van der Waals surface area contributed by atoms with E-state index in [1.165, 1.54) is 25.3 Å². The largest absolute Gasteiger partial charge is 0.507 e. The number of fused-ring (bicyclic) bond motifs is 1.